The molecule has 0 saturated heterocycles. The van der Waals surface area contributed by atoms with Crippen molar-refractivity contribution in [3.63, 3.8) is 0 Å². The monoisotopic (exact) mass is 349 g/mol. The molecule has 1 aromatic heterocycles. The Morgan fingerprint density at radius 3 is 2.62 bits per heavy atom. The third-order valence-corrected chi connectivity index (χ3v) is 4.30. The first-order valence-electron chi connectivity index (χ1n) is 8.63. The van der Waals surface area contributed by atoms with Gasteiger partial charge in [0.25, 0.3) is 5.91 Å². The smallest absolute Gasteiger partial charge is 0.266 e. The van der Waals surface area contributed by atoms with E-state index < -0.39 is 6.10 Å². The first kappa shape index (κ1) is 17.7. The second-order valence-corrected chi connectivity index (χ2v) is 6.36. The lowest BCUT2D eigenvalue weighted by atomic mass is 10.1. The highest BCUT2D eigenvalue weighted by Crippen LogP contribution is 2.18. The zero-order valence-corrected chi connectivity index (χ0v) is 15.3. The summed E-state index contributed by atoms with van der Waals surface area (Å²) in [6.07, 6.45) is 1.06. The van der Waals surface area contributed by atoms with Crippen molar-refractivity contribution >= 4 is 11.7 Å². The highest BCUT2D eigenvalue weighted by Gasteiger charge is 2.17. The Labute approximate surface area is 153 Å². The zero-order valence-electron chi connectivity index (χ0n) is 15.3. The predicted molar refractivity (Wildman–Crippen MR) is 102 cm³/mol. The number of hydrogen-bond acceptors (Lipinski definition) is 3. The number of ether oxygens (including phenoxy) is 1. The van der Waals surface area contributed by atoms with Crippen LogP contribution in [0.25, 0.3) is 0 Å². The lowest BCUT2D eigenvalue weighted by Gasteiger charge is -2.16. The second kappa shape index (κ2) is 7.87. The van der Waals surface area contributed by atoms with E-state index in [1.54, 1.807) is 23.9 Å². The second-order valence-electron chi connectivity index (χ2n) is 6.36. The number of aryl methyl sites for hydroxylation is 2. The van der Waals surface area contributed by atoms with Gasteiger partial charge in [0.05, 0.1) is 12.7 Å². The molecule has 1 N–H and O–H groups in total. The van der Waals surface area contributed by atoms with E-state index in [1.165, 1.54) is 5.56 Å². The summed E-state index contributed by atoms with van der Waals surface area (Å²) in [6.45, 7) is 6.40. The number of nitrogens with zero attached hydrogens (tertiary/aromatic N) is 2. The number of carbonyl (C=O) groups excluding carboxylic acids is 1. The van der Waals surface area contributed by atoms with Crippen LogP contribution in [0.3, 0.4) is 0 Å². The Bertz CT molecular complexity index is 887. The van der Waals surface area contributed by atoms with Crippen LogP contribution in [0.15, 0.2) is 60.8 Å². The minimum absolute atomic E-state index is 0.210. The molecule has 3 rings (SSSR count). The number of carbonyl (C=O) groups is 1. The molecule has 0 aliphatic carbocycles. The summed E-state index contributed by atoms with van der Waals surface area (Å²) < 4.78 is 7.54. The summed E-state index contributed by atoms with van der Waals surface area (Å²) in [5, 5.41) is 7.18. The van der Waals surface area contributed by atoms with E-state index >= 15 is 0 Å². The third kappa shape index (κ3) is 4.30. The summed E-state index contributed by atoms with van der Waals surface area (Å²) >= 11 is 0. The summed E-state index contributed by atoms with van der Waals surface area (Å²) in [5.74, 6) is 1.13. The minimum atomic E-state index is -0.614. The van der Waals surface area contributed by atoms with E-state index in [0.717, 1.165) is 11.1 Å². The summed E-state index contributed by atoms with van der Waals surface area (Å²) in [5.41, 5.74) is 3.45. The van der Waals surface area contributed by atoms with Gasteiger partial charge in [0.2, 0.25) is 0 Å². The molecule has 0 unspecified atom stereocenters. The zero-order chi connectivity index (χ0) is 18.5. The lowest BCUT2D eigenvalue weighted by molar-refractivity contribution is -0.122. The fraction of sp³-hybridized carbons (Fsp3) is 0.238. The average molecular weight is 349 g/mol. The van der Waals surface area contributed by atoms with Gasteiger partial charge in [0, 0.05) is 6.07 Å². The molecule has 0 spiro atoms. The Hall–Kier alpha value is -3.08. The van der Waals surface area contributed by atoms with Crippen molar-refractivity contribution in [3.05, 3.63) is 77.5 Å². The first-order valence-corrected chi connectivity index (χ1v) is 8.63. The first-order chi connectivity index (χ1) is 12.5. The van der Waals surface area contributed by atoms with E-state index in [4.69, 9.17) is 4.74 Å². The molecule has 1 heterocycles. The lowest BCUT2D eigenvalue weighted by Crippen LogP contribution is -2.31. The molecule has 0 bridgehead atoms. The molecule has 0 aliphatic heterocycles. The largest absolute Gasteiger partial charge is 0.481 e. The maximum atomic E-state index is 12.5. The normalized spacial score (nSPS) is 11.8. The molecule has 3 aromatic rings. The predicted octanol–water partition coefficient (Wildman–Crippen LogP) is 3.95. The number of rotatable bonds is 6. The van der Waals surface area contributed by atoms with Crippen molar-refractivity contribution in [1.82, 2.24) is 9.78 Å². The van der Waals surface area contributed by atoms with Gasteiger partial charge in [-0.1, -0.05) is 36.4 Å². The van der Waals surface area contributed by atoms with Gasteiger partial charge in [0.1, 0.15) is 11.6 Å². The number of nitrogens with one attached hydrogen (secondary N) is 1. The number of aromatic nitrogens is 2. The molecular formula is C21H23N3O2. The van der Waals surface area contributed by atoms with Gasteiger partial charge in [0.15, 0.2) is 6.10 Å². The fourth-order valence-corrected chi connectivity index (χ4v) is 2.59. The molecular weight excluding hydrogens is 326 g/mol. The number of benzene rings is 2. The molecule has 26 heavy (non-hydrogen) atoms. The Morgan fingerprint density at radius 2 is 1.88 bits per heavy atom. The summed E-state index contributed by atoms with van der Waals surface area (Å²) in [6, 6.07) is 17.6. The van der Waals surface area contributed by atoms with E-state index in [0.29, 0.717) is 18.1 Å². The van der Waals surface area contributed by atoms with Crippen LogP contribution in [-0.2, 0) is 11.3 Å². The van der Waals surface area contributed by atoms with Gasteiger partial charge < -0.3 is 10.1 Å². The maximum absolute atomic E-state index is 12.5. The Morgan fingerprint density at radius 1 is 1.12 bits per heavy atom. The van der Waals surface area contributed by atoms with Crippen molar-refractivity contribution in [2.45, 2.75) is 33.4 Å². The van der Waals surface area contributed by atoms with Gasteiger partial charge in [-0.15, -0.1) is 0 Å². The van der Waals surface area contributed by atoms with Crippen molar-refractivity contribution in [3.8, 4) is 5.75 Å². The van der Waals surface area contributed by atoms with Gasteiger partial charge in [-0.2, -0.15) is 5.10 Å². The van der Waals surface area contributed by atoms with Crippen LogP contribution in [0, 0.1) is 13.8 Å². The van der Waals surface area contributed by atoms with E-state index in [1.807, 2.05) is 62.4 Å². The Kier molecular flexibility index (Phi) is 5.37. The van der Waals surface area contributed by atoms with Gasteiger partial charge in [-0.3, -0.25) is 4.79 Å². The van der Waals surface area contributed by atoms with Gasteiger partial charge in [-0.05, 0) is 49.6 Å². The van der Waals surface area contributed by atoms with Crippen molar-refractivity contribution in [2.75, 3.05) is 5.32 Å². The van der Waals surface area contributed by atoms with Crippen LogP contribution in [0.2, 0.25) is 0 Å². The highest BCUT2D eigenvalue weighted by molar-refractivity contribution is 5.93. The molecule has 5 heteroatoms. The van der Waals surface area contributed by atoms with E-state index in [9.17, 15) is 4.79 Å². The van der Waals surface area contributed by atoms with Crippen LogP contribution in [0.4, 0.5) is 5.82 Å². The average Bonchev–Trinajstić information content (AvgIpc) is 3.05. The molecule has 134 valence electrons. The maximum Gasteiger partial charge on any atom is 0.266 e. The van der Waals surface area contributed by atoms with Crippen molar-refractivity contribution in [1.29, 1.82) is 0 Å². The van der Waals surface area contributed by atoms with Crippen LogP contribution in [-0.4, -0.2) is 21.8 Å². The van der Waals surface area contributed by atoms with E-state index in [-0.39, 0.29) is 5.91 Å². The van der Waals surface area contributed by atoms with Crippen LogP contribution < -0.4 is 10.1 Å². The molecule has 0 fully saturated rings. The molecule has 0 saturated carbocycles. The summed E-state index contributed by atoms with van der Waals surface area (Å²) in [7, 11) is 0. The molecule has 1 amide bonds. The number of anilines is 1. The SMILES string of the molecule is Cc1ccc(O[C@H](C)C(=O)Nc2ccnn2Cc2ccccc2)cc1C. The fourth-order valence-electron chi connectivity index (χ4n) is 2.59. The van der Waals surface area contributed by atoms with Crippen molar-refractivity contribution < 1.29 is 9.53 Å². The molecule has 1 atom stereocenters. The minimum Gasteiger partial charge on any atom is -0.481 e. The number of hydrogen-bond donors (Lipinski definition) is 1. The van der Waals surface area contributed by atoms with Crippen LogP contribution in [0.5, 0.6) is 5.75 Å². The number of amides is 1. The van der Waals surface area contributed by atoms with Crippen LogP contribution in [0.1, 0.15) is 23.6 Å². The van der Waals surface area contributed by atoms with Crippen molar-refractivity contribution in [2.24, 2.45) is 0 Å². The topological polar surface area (TPSA) is 56.1 Å². The molecule has 5 nitrogen and oxygen atoms in total. The third-order valence-electron chi connectivity index (χ3n) is 4.30. The van der Waals surface area contributed by atoms with Crippen LogP contribution >= 0.6 is 0 Å². The molecule has 2 aromatic carbocycles. The summed E-state index contributed by atoms with van der Waals surface area (Å²) in [4.78, 5) is 12.5. The Balaban J connectivity index is 1.64. The van der Waals surface area contributed by atoms with Gasteiger partial charge in [-0.25, -0.2) is 4.68 Å². The highest BCUT2D eigenvalue weighted by atomic mass is 16.5. The molecule has 0 radical (unpaired) electrons. The quantitative estimate of drug-likeness (QED) is 0.733. The van der Waals surface area contributed by atoms with E-state index in [2.05, 4.69) is 10.4 Å². The molecule has 0 aliphatic rings. The van der Waals surface area contributed by atoms with Gasteiger partial charge >= 0.3 is 0 Å². The standard InChI is InChI=1S/C21H23N3O2/c1-15-9-10-19(13-16(15)2)26-17(3)21(25)23-20-11-12-22-24(20)14-18-7-5-4-6-8-18/h4-13,17H,14H2,1-3H3,(H,23,25)/t17-/m1/s1.